The standard InChI is InChI=1S/C12H20N2O4S/c1-12(2,5-6-13)9-19(17,18)14-7-3-4-10(8-14)11(15)16/h10H,3-5,7-9H2,1-2H3,(H,15,16). The van der Waals surface area contributed by atoms with E-state index in [0.717, 1.165) is 0 Å². The number of carboxylic acids is 1. The second kappa shape index (κ2) is 5.88. The molecular formula is C12H20N2O4S. The van der Waals surface area contributed by atoms with Crippen LogP contribution >= 0.6 is 0 Å². The van der Waals surface area contributed by atoms with Gasteiger partial charge in [-0.3, -0.25) is 4.79 Å². The molecule has 1 rings (SSSR count). The topological polar surface area (TPSA) is 98.5 Å². The lowest BCUT2D eigenvalue weighted by molar-refractivity contribution is -0.142. The summed E-state index contributed by atoms with van der Waals surface area (Å²) in [6.07, 6.45) is 1.24. The summed E-state index contributed by atoms with van der Waals surface area (Å²) in [7, 11) is -3.51. The first-order valence-corrected chi connectivity index (χ1v) is 7.86. The summed E-state index contributed by atoms with van der Waals surface area (Å²) < 4.78 is 25.8. The highest BCUT2D eigenvalue weighted by atomic mass is 32.2. The van der Waals surface area contributed by atoms with E-state index >= 15 is 0 Å². The van der Waals surface area contributed by atoms with E-state index < -0.39 is 27.3 Å². The first-order chi connectivity index (χ1) is 8.68. The zero-order valence-corrected chi connectivity index (χ0v) is 12.1. The molecule has 1 aliphatic heterocycles. The lowest BCUT2D eigenvalue weighted by atomic mass is 9.93. The van der Waals surface area contributed by atoms with Gasteiger partial charge in [0.1, 0.15) is 0 Å². The fourth-order valence-electron chi connectivity index (χ4n) is 2.25. The number of carbonyl (C=O) groups is 1. The first-order valence-electron chi connectivity index (χ1n) is 6.25. The molecule has 1 saturated heterocycles. The van der Waals surface area contributed by atoms with Crippen molar-refractivity contribution in [2.45, 2.75) is 33.1 Å². The lowest BCUT2D eigenvalue weighted by Gasteiger charge is -2.32. The van der Waals surface area contributed by atoms with Gasteiger partial charge in [0, 0.05) is 19.5 Å². The molecule has 1 aliphatic rings. The molecule has 1 N–H and O–H groups in total. The van der Waals surface area contributed by atoms with Gasteiger partial charge in [-0.2, -0.15) is 5.26 Å². The second-order valence-electron chi connectivity index (χ2n) is 5.79. The number of hydrogen-bond donors (Lipinski definition) is 1. The van der Waals surface area contributed by atoms with Crippen LogP contribution in [0.4, 0.5) is 0 Å². The second-order valence-corrected chi connectivity index (χ2v) is 7.76. The van der Waals surface area contributed by atoms with Crippen LogP contribution in [0.1, 0.15) is 33.1 Å². The maximum Gasteiger partial charge on any atom is 0.307 e. The zero-order chi connectivity index (χ0) is 14.7. The van der Waals surface area contributed by atoms with Crippen LogP contribution in [0.3, 0.4) is 0 Å². The van der Waals surface area contributed by atoms with Crippen LogP contribution in [0, 0.1) is 22.7 Å². The minimum Gasteiger partial charge on any atom is -0.481 e. The normalized spacial score (nSPS) is 21.8. The molecule has 0 aromatic rings. The maximum absolute atomic E-state index is 12.3. The lowest BCUT2D eigenvalue weighted by Crippen LogP contribution is -2.45. The SMILES string of the molecule is CC(C)(CC#N)CS(=O)(=O)N1CCCC(C(=O)O)C1. The van der Waals surface area contributed by atoms with Crippen molar-refractivity contribution in [2.75, 3.05) is 18.8 Å². The molecule has 0 spiro atoms. The van der Waals surface area contributed by atoms with E-state index in [1.807, 2.05) is 6.07 Å². The molecule has 0 saturated carbocycles. The average molecular weight is 288 g/mol. The molecule has 0 bridgehead atoms. The smallest absolute Gasteiger partial charge is 0.307 e. The third-order valence-corrected chi connectivity index (χ3v) is 5.52. The Hall–Kier alpha value is -1.13. The Labute approximate surface area is 114 Å². The number of aliphatic carboxylic acids is 1. The Morgan fingerprint density at radius 1 is 1.53 bits per heavy atom. The predicted octanol–water partition coefficient (Wildman–Crippen LogP) is 1.05. The summed E-state index contributed by atoms with van der Waals surface area (Å²) in [4.78, 5) is 11.0. The van der Waals surface area contributed by atoms with E-state index in [4.69, 9.17) is 10.4 Å². The van der Waals surface area contributed by atoms with Gasteiger partial charge in [-0.1, -0.05) is 13.8 Å². The minimum atomic E-state index is -3.51. The Kier molecular flexibility index (Phi) is 4.93. The number of rotatable bonds is 5. The summed E-state index contributed by atoms with van der Waals surface area (Å²) in [6.45, 7) is 3.87. The van der Waals surface area contributed by atoms with Crippen LogP contribution < -0.4 is 0 Å². The fraction of sp³-hybridized carbons (Fsp3) is 0.833. The highest BCUT2D eigenvalue weighted by Crippen LogP contribution is 2.26. The number of piperidine rings is 1. The molecule has 19 heavy (non-hydrogen) atoms. The van der Waals surface area contributed by atoms with E-state index in [0.29, 0.717) is 19.4 Å². The van der Waals surface area contributed by atoms with Gasteiger partial charge in [0.25, 0.3) is 0 Å². The summed E-state index contributed by atoms with van der Waals surface area (Å²) in [6, 6.07) is 1.98. The summed E-state index contributed by atoms with van der Waals surface area (Å²) in [5.74, 6) is -1.70. The van der Waals surface area contributed by atoms with Gasteiger partial charge < -0.3 is 5.11 Å². The molecule has 0 aromatic heterocycles. The molecule has 0 radical (unpaired) electrons. The third kappa shape index (κ3) is 4.48. The van der Waals surface area contributed by atoms with Crippen molar-refractivity contribution in [2.24, 2.45) is 11.3 Å². The van der Waals surface area contributed by atoms with Crippen molar-refractivity contribution < 1.29 is 18.3 Å². The van der Waals surface area contributed by atoms with Gasteiger partial charge >= 0.3 is 5.97 Å². The van der Waals surface area contributed by atoms with E-state index in [2.05, 4.69) is 0 Å². The summed E-state index contributed by atoms with van der Waals surface area (Å²) in [5, 5.41) is 17.7. The predicted molar refractivity (Wildman–Crippen MR) is 69.7 cm³/mol. The molecule has 0 aromatic carbocycles. The Balaban J connectivity index is 2.78. The van der Waals surface area contributed by atoms with Crippen LogP contribution in [0.2, 0.25) is 0 Å². The van der Waals surface area contributed by atoms with Gasteiger partial charge in [0.05, 0.1) is 17.7 Å². The van der Waals surface area contributed by atoms with Crippen LogP contribution in [0.25, 0.3) is 0 Å². The monoisotopic (exact) mass is 288 g/mol. The van der Waals surface area contributed by atoms with Gasteiger partial charge in [-0.05, 0) is 18.3 Å². The third-order valence-electron chi connectivity index (χ3n) is 3.26. The van der Waals surface area contributed by atoms with Gasteiger partial charge in [0.2, 0.25) is 10.0 Å². The highest BCUT2D eigenvalue weighted by molar-refractivity contribution is 7.89. The van der Waals surface area contributed by atoms with Crippen LogP contribution in [0.15, 0.2) is 0 Å². The van der Waals surface area contributed by atoms with Crippen LogP contribution in [-0.4, -0.2) is 42.6 Å². The Morgan fingerprint density at radius 2 is 2.16 bits per heavy atom. The molecular weight excluding hydrogens is 268 g/mol. The molecule has 1 heterocycles. The van der Waals surface area contributed by atoms with Crippen LogP contribution in [-0.2, 0) is 14.8 Å². The molecule has 1 unspecified atom stereocenters. The van der Waals surface area contributed by atoms with Crippen molar-refractivity contribution in [3.8, 4) is 6.07 Å². The Morgan fingerprint density at radius 3 is 2.68 bits per heavy atom. The first kappa shape index (κ1) is 15.9. The molecule has 1 fully saturated rings. The molecule has 108 valence electrons. The van der Waals surface area contributed by atoms with Crippen LogP contribution in [0.5, 0.6) is 0 Å². The molecule has 0 amide bonds. The summed E-state index contributed by atoms with van der Waals surface area (Å²) >= 11 is 0. The minimum absolute atomic E-state index is 0.0420. The van der Waals surface area contributed by atoms with E-state index in [-0.39, 0.29) is 18.7 Å². The van der Waals surface area contributed by atoms with Gasteiger partial charge in [-0.15, -0.1) is 0 Å². The largest absolute Gasteiger partial charge is 0.481 e. The molecule has 1 atom stereocenters. The number of nitrogens with zero attached hydrogens (tertiary/aromatic N) is 2. The molecule has 7 heteroatoms. The highest BCUT2D eigenvalue weighted by Gasteiger charge is 2.35. The maximum atomic E-state index is 12.3. The van der Waals surface area contributed by atoms with Gasteiger partial charge in [0.15, 0.2) is 0 Å². The van der Waals surface area contributed by atoms with Crippen molar-refractivity contribution >= 4 is 16.0 Å². The Bertz CT molecular complexity index is 478. The quantitative estimate of drug-likeness (QED) is 0.815. The van der Waals surface area contributed by atoms with E-state index in [1.54, 1.807) is 13.8 Å². The van der Waals surface area contributed by atoms with E-state index in [1.165, 1.54) is 4.31 Å². The number of hydrogen-bond acceptors (Lipinski definition) is 4. The molecule has 6 nitrogen and oxygen atoms in total. The molecule has 0 aliphatic carbocycles. The number of sulfonamides is 1. The average Bonchev–Trinajstić information content (AvgIpc) is 2.27. The van der Waals surface area contributed by atoms with E-state index in [9.17, 15) is 13.2 Å². The number of nitriles is 1. The zero-order valence-electron chi connectivity index (χ0n) is 11.3. The summed E-state index contributed by atoms with van der Waals surface area (Å²) in [5.41, 5.74) is -0.621. The fourth-order valence-corrected chi connectivity index (χ4v) is 4.33. The van der Waals surface area contributed by atoms with Crippen molar-refractivity contribution in [1.29, 1.82) is 5.26 Å². The van der Waals surface area contributed by atoms with Crippen molar-refractivity contribution in [3.63, 3.8) is 0 Å². The van der Waals surface area contributed by atoms with Gasteiger partial charge in [-0.25, -0.2) is 12.7 Å². The van der Waals surface area contributed by atoms with Crippen molar-refractivity contribution in [1.82, 2.24) is 4.31 Å². The van der Waals surface area contributed by atoms with Crippen molar-refractivity contribution in [3.05, 3.63) is 0 Å². The number of carboxylic acid groups (broad SMARTS) is 1.